The molecule has 0 bridgehead atoms. The van der Waals surface area contributed by atoms with Gasteiger partial charge in [0, 0.05) is 13.0 Å². The molecule has 0 unspecified atom stereocenters. The number of hydrogen-bond donors (Lipinski definition) is 2. The van der Waals surface area contributed by atoms with Gasteiger partial charge in [0.2, 0.25) is 5.91 Å². The second-order valence-corrected chi connectivity index (χ2v) is 3.06. The van der Waals surface area contributed by atoms with Crippen LogP contribution in [0.5, 0.6) is 0 Å². The molecule has 1 amide bonds. The van der Waals surface area contributed by atoms with Gasteiger partial charge < -0.3 is 10.6 Å². The zero-order chi connectivity index (χ0) is 8.81. The van der Waals surface area contributed by atoms with Crippen LogP contribution in [-0.2, 0) is 4.79 Å². The number of carbonyl (C=O) groups excluding carboxylic acids is 1. The fraction of sp³-hybridized carbons (Fsp3) is 0.875. The number of nitrogens with two attached hydrogens (primary N) is 1. The first-order valence-electron chi connectivity index (χ1n) is 4.53. The van der Waals surface area contributed by atoms with E-state index in [9.17, 15) is 4.79 Å². The van der Waals surface area contributed by atoms with E-state index in [-0.39, 0.29) is 5.91 Å². The van der Waals surface area contributed by atoms with Crippen molar-refractivity contribution in [3.63, 3.8) is 0 Å². The maximum absolute atomic E-state index is 11.4. The summed E-state index contributed by atoms with van der Waals surface area (Å²) in [7, 11) is 0. The minimum absolute atomic E-state index is 0.229. The van der Waals surface area contributed by atoms with Crippen LogP contribution in [0, 0.1) is 0 Å². The number of nitrogens with zero attached hydrogens (tertiary/aromatic N) is 1. The smallest absolute Gasteiger partial charge is 0.223 e. The van der Waals surface area contributed by atoms with Crippen molar-refractivity contribution in [1.29, 1.82) is 0 Å². The van der Waals surface area contributed by atoms with Gasteiger partial charge in [0.05, 0.1) is 6.67 Å². The van der Waals surface area contributed by atoms with Gasteiger partial charge in [-0.3, -0.25) is 10.1 Å². The number of amides is 1. The van der Waals surface area contributed by atoms with Gasteiger partial charge >= 0.3 is 0 Å². The Bertz CT molecular complexity index is 143. The van der Waals surface area contributed by atoms with Crippen LogP contribution in [0.1, 0.15) is 19.3 Å². The molecule has 1 fully saturated rings. The highest BCUT2D eigenvalue weighted by molar-refractivity contribution is 5.76. The van der Waals surface area contributed by atoms with E-state index in [1.165, 1.54) is 0 Å². The lowest BCUT2D eigenvalue weighted by Crippen LogP contribution is -2.44. The molecule has 0 saturated carbocycles. The van der Waals surface area contributed by atoms with Gasteiger partial charge in [-0.2, -0.15) is 0 Å². The third kappa shape index (κ3) is 2.79. The molecule has 70 valence electrons. The summed E-state index contributed by atoms with van der Waals surface area (Å²) in [5, 5.41) is 3.17. The van der Waals surface area contributed by atoms with Crippen molar-refractivity contribution in [3.8, 4) is 0 Å². The second-order valence-electron chi connectivity index (χ2n) is 3.06. The molecule has 1 saturated heterocycles. The van der Waals surface area contributed by atoms with Crippen molar-refractivity contribution in [1.82, 2.24) is 10.2 Å². The fourth-order valence-corrected chi connectivity index (χ4v) is 1.31. The summed E-state index contributed by atoms with van der Waals surface area (Å²) in [5.41, 5.74) is 5.32. The Labute approximate surface area is 73.1 Å². The van der Waals surface area contributed by atoms with E-state index < -0.39 is 0 Å². The van der Waals surface area contributed by atoms with Gasteiger partial charge in [0.25, 0.3) is 0 Å². The van der Waals surface area contributed by atoms with Crippen LogP contribution in [0.3, 0.4) is 0 Å². The zero-order valence-corrected chi connectivity index (χ0v) is 7.38. The van der Waals surface area contributed by atoms with Gasteiger partial charge in [-0.05, 0) is 25.9 Å². The summed E-state index contributed by atoms with van der Waals surface area (Å²) in [6.07, 6.45) is 2.46. The van der Waals surface area contributed by atoms with E-state index >= 15 is 0 Å². The highest BCUT2D eigenvalue weighted by atomic mass is 16.2. The molecule has 4 heteroatoms. The monoisotopic (exact) mass is 171 g/mol. The van der Waals surface area contributed by atoms with Crippen molar-refractivity contribution < 1.29 is 4.79 Å². The normalized spacial score (nSPS) is 17.9. The minimum atomic E-state index is 0.229. The van der Waals surface area contributed by atoms with E-state index in [1.807, 2.05) is 4.90 Å². The van der Waals surface area contributed by atoms with Crippen LogP contribution in [0.4, 0.5) is 0 Å². The molecule has 0 spiro atoms. The lowest BCUT2D eigenvalue weighted by molar-refractivity contribution is -0.132. The molecule has 0 aliphatic carbocycles. The summed E-state index contributed by atoms with van der Waals surface area (Å²) in [4.78, 5) is 13.2. The van der Waals surface area contributed by atoms with E-state index in [1.54, 1.807) is 0 Å². The first-order valence-corrected chi connectivity index (χ1v) is 4.53. The average molecular weight is 171 g/mol. The molecule has 0 atom stereocenters. The molecule has 1 aliphatic heterocycles. The maximum Gasteiger partial charge on any atom is 0.223 e. The summed E-state index contributed by atoms with van der Waals surface area (Å²) >= 11 is 0. The zero-order valence-electron chi connectivity index (χ0n) is 7.38. The predicted molar refractivity (Wildman–Crippen MR) is 47.5 cm³/mol. The largest absolute Gasteiger partial charge is 0.330 e. The van der Waals surface area contributed by atoms with Gasteiger partial charge in [0.1, 0.15) is 0 Å². The van der Waals surface area contributed by atoms with E-state index in [4.69, 9.17) is 5.73 Å². The van der Waals surface area contributed by atoms with E-state index in [0.717, 1.165) is 25.9 Å². The summed E-state index contributed by atoms with van der Waals surface area (Å²) in [6, 6.07) is 0. The quantitative estimate of drug-likeness (QED) is 0.602. The van der Waals surface area contributed by atoms with Gasteiger partial charge in [-0.1, -0.05) is 0 Å². The SMILES string of the molecule is NCCCC(=O)N1CCCNC1. The Morgan fingerprint density at radius 1 is 1.58 bits per heavy atom. The fourth-order valence-electron chi connectivity index (χ4n) is 1.31. The molecule has 3 N–H and O–H groups in total. The van der Waals surface area contributed by atoms with Crippen molar-refractivity contribution in [3.05, 3.63) is 0 Å². The molecular formula is C8H17N3O. The topological polar surface area (TPSA) is 58.4 Å². The number of hydrogen-bond acceptors (Lipinski definition) is 3. The molecule has 0 radical (unpaired) electrons. The van der Waals surface area contributed by atoms with Crippen LogP contribution in [0.25, 0.3) is 0 Å². The Balaban J connectivity index is 2.20. The molecular weight excluding hydrogens is 154 g/mol. The molecule has 4 nitrogen and oxygen atoms in total. The van der Waals surface area contributed by atoms with E-state index in [0.29, 0.717) is 19.6 Å². The number of rotatable bonds is 3. The lowest BCUT2D eigenvalue weighted by Gasteiger charge is -2.27. The van der Waals surface area contributed by atoms with Crippen LogP contribution < -0.4 is 11.1 Å². The first kappa shape index (κ1) is 9.48. The minimum Gasteiger partial charge on any atom is -0.330 e. The lowest BCUT2D eigenvalue weighted by atomic mass is 10.2. The molecule has 0 aromatic rings. The molecule has 1 heterocycles. The Kier molecular flexibility index (Phi) is 4.04. The van der Waals surface area contributed by atoms with E-state index in [2.05, 4.69) is 5.32 Å². The predicted octanol–water partition coefficient (Wildman–Crippen LogP) is -0.495. The Morgan fingerprint density at radius 2 is 2.42 bits per heavy atom. The highest BCUT2D eigenvalue weighted by Gasteiger charge is 2.14. The molecule has 12 heavy (non-hydrogen) atoms. The number of nitrogens with one attached hydrogen (secondary N) is 1. The maximum atomic E-state index is 11.4. The van der Waals surface area contributed by atoms with Crippen LogP contribution in [0.15, 0.2) is 0 Å². The molecule has 1 rings (SSSR count). The van der Waals surface area contributed by atoms with Crippen molar-refractivity contribution >= 4 is 5.91 Å². The van der Waals surface area contributed by atoms with Gasteiger partial charge in [-0.15, -0.1) is 0 Å². The third-order valence-electron chi connectivity index (χ3n) is 2.03. The van der Waals surface area contributed by atoms with Crippen LogP contribution in [0.2, 0.25) is 0 Å². The average Bonchev–Trinajstić information content (AvgIpc) is 2.15. The Hall–Kier alpha value is -0.610. The highest BCUT2D eigenvalue weighted by Crippen LogP contribution is 2.00. The molecule has 0 aromatic carbocycles. The Morgan fingerprint density at radius 3 is 3.00 bits per heavy atom. The molecule has 1 aliphatic rings. The van der Waals surface area contributed by atoms with Crippen LogP contribution in [-0.4, -0.2) is 37.1 Å². The van der Waals surface area contributed by atoms with Crippen molar-refractivity contribution in [2.45, 2.75) is 19.3 Å². The second kappa shape index (κ2) is 5.11. The van der Waals surface area contributed by atoms with Gasteiger partial charge in [0.15, 0.2) is 0 Å². The first-order chi connectivity index (χ1) is 5.84. The molecule has 0 aromatic heterocycles. The number of carbonyl (C=O) groups is 1. The third-order valence-corrected chi connectivity index (χ3v) is 2.03. The van der Waals surface area contributed by atoms with Gasteiger partial charge in [-0.25, -0.2) is 0 Å². The summed E-state index contributed by atoms with van der Waals surface area (Å²) in [5.74, 6) is 0.229. The van der Waals surface area contributed by atoms with Crippen molar-refractivity contribution in [2.75, 3.05) is 26.3 Å². The van der Waals surface area contributed by atoms with Crippen molar-refractivity contribution in [2.24, 2.45) is 5.73 Å². The van der Waals surface area contributed by atoms with Crippen LogP contribution >= 0.6 is 0 Å². The standard InChI is InChI=1S/C8H17N3O/c9-4-1-3-8(12)11-6-2-5-10-7-11/h10H,1-7,9H2. The summed E-state index contributed by atoms with van der Waals surface area (Å²) in [6.45, 7) is 3.24. The summed E-state index contributed by atoms with van der Waals surface area (Å²) < 4.78 is 0.